The lowest BCUT2D eigenvalue weighted by Crippen LogP contribution is -2.50. The van der Waals surface area contributed by atoms with Crippen LogP contribution in [0.2, 0.25) is 0 Å². The Kier molecular flexibility index (Phi) is 8.69. The van der Waals surface area contributed by atoms with Crippen molar-refractivity contribution >= 4 is 18.0 Å². The fraction of sp³-hybridized carbons (Fsp3) is 0.318. The van der Waals surface area contributed by atoms with Gasteiger partial charge in [0.15, 0.2) is 0 Å². The van der Waals surface area contributed by atoms with Crippen molar-refractivity contribution < 1.29 is 23.9 Å². The number of nitrogens with one attached hydrogen (secondary N) is 2. The SMILES string of the molecule is CC(C)[C@@H](NC(=O)OCc1ccccc1)C(=O)NCC(=O)OCc1ccccc1. The Bertz CT molecular complexity index is 793. The standard InChI is InChI=1S/C22H26N2O5/c1-16(2)20(24-22(27)29-15-18-11-7-4-8-12-18)21(26)23-13-19(25)28-14-17-9-5-3-6-10-17/h3-12,16,20H,13-15H2,1-2H3,(H,23,26)(H,24,27)/t20-/m1/s1. The number of carbonyl (C=O) groups is 3. The highest BCUT2D eigenvalue weighted by Gasteiger charge is 2.25. The van der Waals surface area contributed by atoms with E-state index in [-0.39, 0.29) is 25.7 Å². The van der Waals surface area contributed by atoms with Crippen molar-refractivity contribution in [2.75, 3.05) is 6.54 Å². The van der Waals surface area contributed by atoms with Gasteiger partial charge in [-0.15, -0.1) is 0 Å². The van der Waals surface area contributed by atoms with Crippen molar-refractivity contribution in [2.24, 2.45) is 5.92 Å². The lowest BCUT2D eigenvalue weighted by molar-refractivity contribution is -0.145. The van der Waals surface area contributed by atoms with Gasteiger partial charge in [-0.1, -0.05) is 74.5 Å². The Balaban J connectivity index is 1.76. The molecule has 154 valence electrons. The van der Waals surface area contributed by atoms with Crippen LogP contribution in [0.3, 0.4) is 0 Å². The third kappa shape index (κ3) is 8.04. The van der Waals surface area contributed by atoms with Crippen LogP contribution in [0.4, 0.5) is 4.79 Å². The van der Waals surface area contributed by atoms with Gasteiger partial charge in [-0.25, -0.2) is 4.79 Å². The normalized spacial score (nSPS) is 11.4. The van der Waals surface area contributed by atoms with Crippen molar-refractivity contribution in [3.63, 3.8) is 0 Å². The van der Waals surface area contributed by atoms with Gasteiger partial charge < -0.3 is 20.1 Å². The molecule has 29 heavy (non-hydrogen) atoms. The fourth-order valence-corrected chi connectivity index (χ4v) is 2.49. The number of ether oxygens (including phenoxy) is 2. The summed E-state index contributed by atoms with van der Waals surface area (Å²) in [6.45, 7) is 3.53. The van der Waals surface area contributed by atoms with E-state index in [1.165, 1.54) is 0 Å². The molecule has 0 aliphatic heterocycles. The van der Waals surface area contributed by atoms with Gasteiger partial charge in [0.25, 0.3) is 0 Å². The monoisotopic (exact) mass is 398 g/mol. The van der Waals surface area contributed by atoms with E-state index in [1.807, 2.05) is 60.7 Å². The molecule has 1 atom stereocenters. The van der Waals surface area contributed by atoms with Gasteiger partial charge in [-0.3, -0.25) is 9.59 Å². The van der Waals surface area contributed by atoms with Crippen LogP contribution in [0.1, 0.15) is 25.0 Å². The first kappa shape index (κ1) is 21.9. The van der Waals surface area contributed by atoms with Crippen molar-refractivity contribution in [1.29, 1.82) is 0 Å². The second-order valence-electron chi connectivity index (χ2n) is 6.79. The van der Waals surface area contributed by atoms with E-state index in [4.69, 9.17) is 9.47 Å². The Hall–Kier alpha value is -3.35. The molecule has 0 bridgehead atoms. The summed E-state index contributed by atoms with van der Waals surface area (Å²) in [5, 5.41) is 5.04. The minimum atomic E-state index is -0.833. The number of rotatable bonds is 9. The Morgan fingerprint density at radius 1 is 0.828 bits per heavy atom. The Morgan fingerprint density at radius 3 is 1.86 bits per heavy atom. The average molecular weight is 398 g/mol. The lowest BCUT2D eigenvalue weighted by Gasteiger charge is -2.21. The van der Waals surface area contributed by atoms with Gasteiger partial charge in [0, 0.05) is 0 Å². The average Bonchev–Trinajstić information content (AvgIpc) is 2.74. The zero-order valence-corrected chi connectivity index (χ0v) is 16.6. The largest absolute Gasteiger partial charge is 0.460 e. The summed E-state index contributed by atoms with van der Waals surface area (Å²) in [5.74, 6) is -1.23. The molecule has 0 unspecified atom stereocenters. The maximum atomic E-state index is 12.4. The highest BCUT2D eigenvalue weighted by molar-refractivity contribution is 5.88. The third-order valence-corrected chi connectivity index (χ3v) is 4.08. The summed E-state index contributed by atoms with van der Waals surface area (Å²) >= 11 is 0. The molecular formula is C22H26N2O5. The highest BCUT2D eigenvalue weighted by atomic mass is 16.5. The maximum absolute atomic E-state index is 12.4. The number of alkyl carbamates (subject to hydrolysis) is 1. The van der Waals surface area contributed by atoms with E-state index in [9.17, 15) is 14.4 Å². The second-order valence-corrected chi connectivity index (χ2v) is 6.79. The summed E-state index contributed by atoms with van der Waals surface area (Å²) in [6, 6.07) is 17.6. The molecule has 7 nitrogen and oxygen atoms in total. The number of hydrogen-bond donors (Lipinski definition) is 2. The van der Waals surface area contributed by atoms with Gasteiger partial charge in [0.1, 0.15) is 25.8 Å². The molecule has 2 N–H and O–H groups in total. The number of amides is 2. The first-order valence-electron chi connectivity index (χ1n) is 9.40. The van der Waals surface area contributed by atoms with Gasteiger partial charge in [0.2, 0.25) is 5.91 Å². The lowest BCUT2D eigenvalue weighted by atomic mass is 10.0. The minimum Gasteiger partial charge on any atom is -0.460 e. The zero-order chi connectivity index (χ0) is 21.1. The molecule has 0 saturated heterocycles. The Morgan fingerprint density at radius 2 is 1.34 bits per heavy atom. The molecule has 0 aliphatic carbocycles. The predicted molar refractivity (Wildman–Crippen MR) is 108 cm³/mol. The van der Waals surface area contributed by atoms with Crippen molar-refractivity contribution in [1.82, 2.24) is 10.6 Å². The highest BCUT2D eigenvalue weighted by Crippen LogP contribution is 2.05. The summed E-state index contributed by atoms with van der Waals surface area (Å²) < 4.78 is 10.3. The van der Waals surface area contributed by atoms with Crippen LogP contribution in [-0.2, 0) is 32.3 Å². The number of carbonyl (C=O) groups excluding carboxylic acids is 3. The van der Waals surface area contributed by atoms with Crippen LogP contribution in [-0.4, -0.2) is 30.6 Å². The second kappa shape index (κ2) is 11.5. The summed E-state index contributed by atoms with van der Waals surface area (Å²) in [7, 11) is 0. The van der Waals surface area contributed by atoms with E-state index in [0.29, 0.717) is 0 Å². The van der Waals surface area contributed by atoms with Crippen LogP contribution < -0.4 is 10.6 Å². The van der Waals surface area contributed by atoms with Crippen LogP contribution in [0.5, 0.6) is 0 Å². The molecule has 2 aromatic carbocycles. The topological polar surface area (TPSA) is 93.7 Å². The van der Waals surface area contributed by atoms with Crippen LogP contribution >= 0.6 is 0 Å². The van der Waals surface area contributed by atoms with Crippen LogP contribution in [0, 0.1) is 5.92 Å². The molecular weight excluding hydrogens is 372 g/mol. The summed E-state index contributed by atoms with van der Waals surface area (Å²) in [5.41, 5.74) is 1.70. The van der Waals surface area contributed by atoms with Gasteiger partial charge >= 0.3 is 12.1 Å². The smallest absolute Gasteiger partial charge is 0.408 e. The molecule has 0 heterocycles. The molecule has 2 aromatic rings. The van der Waals surface area contributed by atoms with Crippen LogP contribution in [0.25, 0.3) is 0 Å². The van der Waals surface area contributed by atoms with E-state index >= 15 is 0 Å². The van der Waals surface area contributed by atoms with Crippen molar-refractivity contribution in [2.45, 2.75) is 33.1 Å². The molecule has 0 aromatic heterocycles. The predicted octanol–water partition coefficient (Wildman–Crippen LogP) is 2.80. The molecule has 2 amide bonds. The fourth-order valence-electron chi connectivity index (χ4n) is 2.49. The number of esters is 1. The zero-order valence-electron chi connectivity index (χ0n) is 16.6. The summed E-state index contributed by atoms with van der Waals surface area (Å²) in [4.78, 5) is 36.3. The molecule has 0 fully saturated rings. The van der Waals surface area contributed by atoms with Crippen LogP contribution in [0.15, 0.2) is 60.7 Å². The molecule has 0 radical (unpaired) electrons. The third-order valence-electron chi connectivity index (χ3n) is 4.08. The molecule has 2 rings (SSSR count). The van der Waals surface area contributed by atoms with Gasteiger partial charge in [0.05, 0.1) is 0 Å². The summed E-state index contributed by atoms with van der Waals surface area (Å²) in [6.07, 6.45) is -0.700. The molecule has 0 spiro atoms. The number of benzene rings is 2. The maximum Gasteiger partial charge on any atom is 0.408 e. The van der Waals surface area contributed by atoms with Gasteiger partial charge in [-0.2, -0.15) is 0 Å². The van der Waals surface area contributed by atoms with Gasteiger partial charge in [-0.05, 0) is 17.0 Å². The van der Waals surface area contributed by atoms with Crippen molar-refractivity contribution in [3.8, 4) is 0 Å². The van der Waals surface area contributed by atoms with E-state index in [1.54, 1.807) is 13.8 Å². The first-order valence-corrected chi connectivity index (χ1v) is 9.40. The first-order chi connectivity index (χ1) is 14.0. The van der Waals surface area contributed by atoms with E-state index < -0.39 is 24.0 Å². The minimum absolute atomic E-state index is 0.102. The van der Waals surface area contributed by atoms with Crippen molar-refractivity contribution in [3.05, 3.63) is 71.8 Å². The number of hydrogen-bond acceptors (Lipinski definition) is 5. The molecule has 0 saturated carbocycles. The quantitative estimate of drug-likeness (QED) is 0.634. The molecule has 7 heteroatoms. The molecule has 0 aliphatic rings. The van der Waals surface area contributed by atoms with E-state index in [2.05, 4.69) is 10.6 Å². The van der Waals surface area contributed by atoms with E-state index in [0.717, 1.165) is 11.1 Å². The Labute approximate surface area is 170 Å².